The number of unbranched alkanes of at least 4 members (excludes halogenated alkanes) is 2. The van der Waals surface area contributed by atoms with Crippen molar-refractivity contribution in [3.63, 3.8) is 0 Å². The van der Waals surface area contributed by atoms with Crippen LogP contribution in [0.5, 0.6) is 0 Å². The summed E-state index contributed by atoms with van der Waals surface area (Å²) in [6, 6.07) is 17.1. The van der Waals surface area contributed by atoms with Gasteiger partial charge in [0.05, 0.1) is 30.6 Å². The SMILES string of the molecule is CCCCCNC(=O)C1N([C@@H](CO)Cc2ccccc2)C(=O)[C@@H]2[C@H](C(=O)Nc3ccccc3)[C@H]3OC12CC3Br. The Morgan fingerprint density at radius 1 is 1.10 bits per heavy atom. The fourth-order valence-corrected chi connectivity index (χ4v) is 7.57. The van der Waals surface area contributed by atoms with E-state index in [0.29, 0.717) is 25.1 Å². The van der Waals surface area contributed by atoms with Crippen LogP contribution in [0.15, 0.2) is 60.7 Å². The molecule has 1 spiro atoms. The number of rotatable bonds is 11. The van der Waals surface area contributed by atoms with Gasteiger partial charge in [0, 0.05) is 17.1 Å². The van der Waals surface area contributed by atoms with E-state index in [1.807, 2.05) is 48.5 Å². The molecule has 3 unspecified atom stereocenters. The number of amides is 3. The van der Waals surface area contributed by atoms with Crippen molar-refractivity contribution >= 4 is 39.3 Å². The van der Waals surface area contributed by atoms with Gasteiger partial charge in [-0.3, -0.25) is 14.4 Å². The monoisotopic (exact) mass is 597 g/mol. The molecule has 7 atom stereocenters. The second-order valence-electron chi connectivity index (χ2n) is 10.8. The quantitative estimate of drug-likeness (QED) is 0.272. The number of hydrogen-bond acceptors (Lipinski definition) is 5. The zero-order chi connectivity index (χ0) is 27.6. The minimum atomic E-state index is -1.16. The molecular formula is C30H36BrN3O5. The molecule has 208 valence electrons. The lowest BCUT2D eigenvalue weighted by Crippen LogP contribution is -2.58. The molecule has 9 heteroatoms. The van der Waals surface area contributed by atoms with E-state index < -0.39 is 35.6 Å². The maximum Gasteiger partial charge on any atom is 0.245 e. The molecule has 0 aliphatic carbocycles. The zero-order valence-electron chi connectivity index (χ0n) is 22.1. The van der Waals surface area contributed by atoms with Crippen LogP contribution in [0.1, 0.15) is 38.2 Å². The van der Waals surface area contributed by atoms with E-state index in [4.69, 9.17) is 4.74 Å². The second kappa shape index (κ2) is 11.8. The fourth-order valence-electron chi connectivity index (χ4n) is 6.63. The van der Waals surface area contributed by atoms with Crippen LogP contribution in [-0.4, -0.2) is 69.5 Å². The number of benzene rings is 2. The minimum Gasteiger partial charge on any atom is -0.394 e. The molecule has 3 aliphatic heterocycles. The van der Waals surface area contributed by atoms with Crippen molar-refractivity contribution in [2.75, 3.05) is 18.5 Å². The first-order chi connectivity index (χ1) is 18.9. The number of aliphatic hydroxyl groups is 1. The van der Waals surface area contributed by atoms with Gasteiger partial charge in [0.15, 0.2) is 0 Å². The number of alkyl halides is 1. The summed E-state index contributed by atoms with van der Waals surface area (Å²) < 4.78 is 6.56. The van der Waals surface area contributed by atoms with Crippen LogP contribution in [0.4, 0.5) is 5.69 Å². The smallest absolute Gasteiger partial charge is 0.245 e. The van der Waals surface area contributed by atoms with Gasteiger partial charge in [-0.25, -0.2) is 0 Å². The zero-order valence-corrected chi connectivity index (χ0v) is 23.7. The minimum absolute atomic E-state index is 0.190. The van der Waals surface area contributed by atoms with Gasteiger partial charge in [0.2, 0.25) is 17.7 Å². The fraction of sp³-hybridized carbons (Fsp3) is 0.500. The van der Waals surface area contributed by atoms with E-state index in [1.165, 1.54) is 4.90 Å². The first kappa shape index (κ1) is 27.8. The number of aliphatic hydroxyl groups excluding tert-OH is 1. The Hall–Kier alpha value is -2.75. The molecular weight excluding hydrogens is 562 g/mol. The number of ether oxygens (including phenoxy) is 1. The van der Waals surface area contributed by atoms with Gasteiger partial charge in [0.1, 0.15) is 11.6 Å². The molecule has 2 bridgehead atoms. The van der Waals surface area contributed by atoms with Crippen molar-refractivity contribution in [2.24, 2.45) is 11.8 Å². The van der Waals surface area contributed by atoms with E-state index >= 15 is 0 Å². The number of hydrogen-bond donors (Lipinski definition) is 3. The maximum atomic E-state index is 14.3. The normalized spacial score (nSPS) is 29.8. The summed E-state index contributed by atoms with van der Waals surface area (Å²) in [5.41, 5.74) is 0.423. The maximum absolute atomic E-state index is 14.3. The number of halogens is 1. The number of carbonyl (C=O) groups is 3. The Kier molecular flexibility index (Phi) is 8.40. The van der Waals surface area contributed by atoms with Gasteiger partial charge in [-0.1, -0.05) is 84.2 Å². The summed E-state index contributed by atoms with van der Waals surface area (Å²) in [4.78, 5) is 43.1. The van der Waals surface area contributed by atoms with Crippen LogP contribution in [-0.2, 0) is 25.5 Å². The standard InChI is InChI=1S/C30H36BrN3O5/c1-2-3-10-15-32-28(37)26-30-17-22(31)25(39-30)23(27(36)33-20-13-8-5-9-14-20)24(30)29(38)34(26)21(18-35)16-19-11-6-4-7-12-19/h4-9,11-14,21-26,35H,2-3,10,15-18H2,1H3,(H,32,37)(H,33,36)/t21-,22?,23+,24+,25+,26?,30?/m1/s1. The number of nitrogens with zero attached hydrogens (tertiary/aromatic N) is 1. The molecule has 2 aromatic carbocycles. The van der Waals surface area contributed by atoms with Gasteiger partial charge in [-0.15, -0.1) is 0 Å². The number of nitrogens with one attached hydrogen (secondary N) is 2. The number of para-hydroxylation sites is 1. The molecule has 3 N–H and O–H groups in total. The van der Waals surface area contributed by atoms with Crippen LogP contribution in [0.3, 0.4) is 0 Å². The van der Waals surface area contributed by atoms with E-state index in [0.717, 1.165) is 24.8 Å². The molecule has 3 aliphatic rings. The largest absolute Gasteiger partial charge is 0.394 e. The molecule has 3 fully saturated rings. The lowest BCUT2D eigenvalue weighted by atomic mass is 9.70. The summed E-state index contributed by atoms with van der Waals surface area (Å²) in [5, 5.41) is 16.5. The first-order valence-corrected chi connectivity index (χ1v) is 14.7. The molecule has 0 radical (unpaired) electrons. The number of carbonyl (C=O) groups excluding carboxylic acids is 3. The molecule has 5 rings (SSSR count). The van der Waals surface area contributed by atoms with Crippen LogP contribution in [0.25, 0.3) is 0 Å². The van der Waals surface area contributed by atoms with Crippen molar-refractivity contribution in [3.8, 4) is 0 Å². The topological polar surface area (TPSA) is 108 Å². The summed E-state index contributed by atoms with van der Waals surface area (Å²) >= 11 is 3.70. The van der Waals surface area contributed by atoms with E-state index in [2.05, 4.69) is 33.5 Å². The average molecular weight is 599 g/mol. The highest BCUT2D eigenvalue weighted by molar-refractivity contribution is 9.09. The van der Waals surface area contributed by atoms with Gasteiger partial charge < -0.3 is 25.4 Å². The Balaban J connectivity index is 1.49. The van der Waals surface area contributed by atoms with Crippen molar-refractivity contribution in [1.29, 1.82) is 0 Å². The molecule has 39 heavy (non-hydrogen) atoms. The predicted octanol–water partition coefficient (Wildman–Crippen LogP) is 3.28. The molecule has 0 aromatic heterocycles. The van der Waals surface area contributed by atoms with E-state index in [9.17, 15) is 19.5 Å². The summed E-state index contributed by atoms with van der Waals surface area (Å²) in [6.07, 6.45) is 3.11. The van der Waals surface area contributed by atoms with Gasteiger partial charge in [-0.2, -0.15) is 0 Å². The first-order valence-electron chi connectivity index (χ1n) is 13.8. The molecule has 3 heterocycles. The third-order valence-electron chi connectivity index (χ3n) is 8.32. The third kappa shape index (κ3) is 5.12. The Morgan fingerprint density at radius 3 is 2.46 bits per heavy atom. The summed E-state index contributed by atoms with van der Waals surface area (Å²) in [6.45, 7) is 2.28. The predicted molar refractivity (Wildman–Crippen MR) is 151 cm³/mol. The Morgan fingerprint density at radius 2 is 1.79 bits per heavy atom. The van der Waals surface area contributed by atoms with Crippen LogP contribution >= 0.6 is 15.9 Å². The van der Waals surface area contributed by atoms with Crippen LogP contribution in [0, 0.1) is 11.8 Å². The van der Waals surface area contributed by atoms with Crippen molar-refractivity contribution in [1.82, 2.24) is 10.2 Å². The average Bonchev–Trinajstić information content (AvgIpc) is 3.54. The molecule has 2 aromatic rings. The molecule has 3 amide bonds. The van der Waals surface area contributed by atoms with Crippen LogP contribution in [0.2, 0.25) is 0 Å². The van der Waals surface area contributed by atoms with Crippen LogP contribution < -0.4 is 10.6 Å². The Labute approximate surface area is 237 Å². The number of likely N-dealkylation sites (tertiary alicyclic amines) is 1. The number of anilines is 1. The number of fused-ring (bicyclic) bond motifs is 1. The molecule has 3 saturated heterocycles. The highest BCUT2D eigenvalue weighted by atomic mass is 79.9. The van der Waals surface area contributed by atoms with Gasteiger partial charge >= 0.3 is 0 Å². The molecule has 0 saturated carbocycles. The Bertz CT molecular complexity index is 1180. The van der Waals surface area contributed by atoms with Gasteiger partial charge in [-0.05, 0) is 37.0 Å². The molecule has 8 nitrogen and oxygen atoms in total. The highest BCUT2D eigenvalue weighted by Gasteiger charge is 2.77. The van der Waals surface area contributed by atoms with E-state index in [1.54, 1.807) is 12.1 Å². The van der Waals surface area contributed by atoms with E-state index in [-0.39, 0.29) is 29.2 Å². The highest BCUT2D eigenvalue weighted by Crippen LogP contribution is 2.60. The lowest BCUT2D eigenvalue weighted by Gasteiger charge is -2.37. The summed E-state index contributed by atoms with van der Waals surface area (Å²) in [7, 11) is 0. The van der Waals surface area contributed by atoms with Crippen molar-refractivity contribution in [2.45, 2.75) is 67.6 Å². The van der Waals surface area contributed by atoms with Crippen molar-refractivity contribution < 1.29 is 24.2 Å². The van der Waals surface area contributed by atoms with Crippen molar-refractivity contribution in [3.05, 3.63) is 66.2 Å². The second-order valence-corrected chi connectivity index (χ2v) is 12.0. The van der Waals surface area contributed by atoms with Gasteiger partial charge in [0.25, 0.3) is 0 Å². The third-order valence-corrected chi connectivity index (χ3v) is 9.16. The summed E-state index contributed by atoms with van der Waals surface area (Å²) in [5.74, 6) is -2.50. The lowest BCUT2D eigenvalue weighted by molar-refractivity contribution is -0.145.